The molecular formula is C26H20F3NO5. The lowest BCUT2D eigenvalue weighted by Gasteiger charge is -2.25. The quantitative estimate of drug-likeness (QED) is 0.377. The van der Waals surface area contributed by atoms with E-state index in [1.165, 1.54) is 24.1 Å². The summed E-state index contributed by atoms with van der Waals surface area (Å²) in [7, 11) is 1.26. The number of ether oxygens (including phenoxy) is 2. The Bertz CT molecular complexity index is 1250. The fraction of sp³-hybridized carbons (Fsp3) is 0.192. The molecule has 6 nitrogen and oxygen atoms in total. The van der Waals surface area contributed by atoms with E-state index in [9.17, 15) is 27.6 Å². The fourth-order valence-corrected chi connectivity index (χ4v) is 3.86. The lowest BCUT2D eigenvalue weighted by molar-refractivity contribution is -0.146. The van der Waals surface area contributed by atoms with E-state index in [-0.39, 0.29) is 30.2 Å². The number of halogens is 3. The number of esters is 2. The first kappa shape index (κ1) is 24.0. The van der Waals surface area contributed by atoms with Crippen molar-refractivity contribution in [2.75, 3.05) is 7.11 Å². The van der Waals surface area contributed by atoms with Gasteiger partial charge in [0.2, 0.25) is 0 Å². The number of carbonyl (C=O) groups excluding carboxylic acids is 3. The first-order valence-electron chi connectivity index (χ1n) is 10.6. The van der Waals surface area contributed by atoms with Crippen molar-refractivity contribution in [1.82, 2.24) is 4.90 Å². The van der Waals surface area contributed by atoms with Crippen LogP contribution in [0, 0.1) is 0 Å². The molecule has 0 saturated carbocycles. The third-order valence-electron chi connectivity index (χ3n) is 5.71. The van der Waals surface area contributed by atoms with Crippen LogP contribution in [0.4, 0.5) is 13.2 Å². The van der Waals surface area contributed by atoms with E-state index in [1.54, 1.807) is 24.3 Å². The lowest BCUT2D eigenvalue weighted by Crippen LogP contribution is -2.43. The highest BCUT2D eigenvalue weighted by Crippen LogP contribution is 2.29. The zero-order valence-corrected chi connectivity index (χ0v) is 18.5. The fourth-order valence-electron chi connectivity index (χ4n) is 3.86. The summed E-state index contributed by atoms with van der Waals surface area (Å²) in [6.45, 7) is 0.289. The Morgan fingerprint density at radius 1 is 0.971 bits per heavy atom. The van der Waals surface area contributed by atoms with E-state index in [0.717, 1.165) is 29.8 Å². The minimum absolute atomic E-state index is 0.0278. The number of nitrogens with zero attached hydrogens (tertiary/aromatic N) is 1. The number of amides is 1. The highest BCUT2D eigenvalue weighted by Gasteiger charge is 2.37. The Kier molecular flexibility index (Phi) is 6.59. The van der Waals surface area contributed by atoms with Crippen molar-refractivity contribution in [2.45, 2.75) is 25.2 Å². The molecule has 0 unspecified atom stereocenters. The second-order valence-corrected chi connectivity index (χ2v) is 7.94. The molecule has 0 radical (unpaired) electrons. The molecule has 1 atom stereocenters. The second-order valence-electron chi connectivity index (χ2n) is 7.94. The van der Waals surface area contributed by atoms with Gasteiger partial charge >= 0.3 is 18.1 Å². The molecule has 0 fully saturated rings. The molecule has 0 saturated heterocycles. The molecule has 180 valence electrons. The van der Waals surface area contributed by atoms with E-state index in [0.29, 0.717) is 11.1 Å². The van der Waals surface area contributed by atoms with E-state index >= 15 is 0 Å². The van der Waals surface area contributed by atoms with E-state index in [2.05, 4.69) is 0 Å². The summed E-state index contributed by atoms with van der Waals surface area (Å²) in [5.74, 6) is -1.43. The molecule has 3 aromatic rings. The van der Waals surface area contributed by atoms with Crippen LogP contribution < -0.4 is 4.74 Å². The molecule has 1 aliphatic rings. The van der Waals surface area contributed by atoms with Crippen LogP contribution >= 0.6 is 0 Å². The van der Waals surface area contributed by atoms with Gasteiger partial charge in [-0.3, -0.25) is 4.79 Å². The predicted molar refractivity (Wildman–Crippen MR) is 119 cm³/mol. The Labute approximate surface area is 198 Å². The number of hydrogen-bond donors (Lipinski definition) is 0. The molecular weight excluding hydrogens is 463 g/mol. The molecule has 3 aromatic carbocycles. The summed E-state index contributed by atoms with van der Waals surface area (Å²) >= 11 is 0. The molecule has 0 aromatic heterocycles. The van der Waals surface area contributed by atoms with Gasteiger partial charge in [0.1, 0.15) is 11.8 Å². The van der Waals surface area contributed by atoms with Crippen LogP contribution in [0.2, 0.25) is 0 Å². The van der Waals surface area contributed by atoms with Crippen LogP contribution in [0.3, 0.4) is 0 Å². The highest BCUT2D eigenvalue weighted by molar-refractivity contribution is 6.00. The Morgan fingerprint density at radius 3 is 2.23 bits per heavy atom. The summed E-state index contributed by atoms with van der Waals surface area (Å²) in [6.07, 6.45) is -4.32. The number of fused-ring (bicyclic) bond motifs is 1. The van der Waals surface area contributed by atoms with E-state index < -0.39 is 29.7 Å². The van der Waals surface area contributed by atoms with Crippen molar-refractivity contribution in [1.29, 1.82) is 0 Å². The van der Waals surface area contributed by atoms with Crippen molar-refractivity contribution in [2.24, 2.45) is 0 Å². The predicted octanol–water partition coefficient (Wildman–Crippen LogP) is 4.66. The maximum Gasteiger partial charge on any atom is 0.416 e. The number of alkyl halides is 3. The molecule has 0 bridgehead atoms. The maximum absolute atomic E-state index is 12.8. The number of hydrogen-bond acceptors (Lipinski definition) is 5. The molecule has 1 heterocycles. The summed E-state index contributed by atoms with van der Waals surface area (Å²) in [4.78, 5) is 39.1. The van der Waals surface area contributed by atoms with Gasteiger partial charge in [-0.1, -0.05) is 30.3 Å². The normalized spacial score (nSPS) is 13.8. The van der Waals surface area contributed by atoms with Gasteiger partial charge < -0.3 is 14.4 Å². The van der Waals surface area contributed by atoms with Crippen LogP contribution in [0.5, 0.6) is 5.75 Å². The zero-order valence-electron chi connectivity index (χ0n) is 18.5. The van der Waals surface area contributed by atoms with Gasteiger partial charge in [-0.15, -0.1) is 0 Å². The molecule has 1 aliphatic heterocycles. The minimum atomic E-state index is -4.50. The SMILES string of the molecule is COC(=O)[C@H](Cc1ccc(OC(=O)c2ccc(C(F)(F)F)cc2)cc1)N1Cc2ccccc2C1=O. The van der Waals surface area contributed by atoms with Gasteiger partial charge in [0.25, 0.3) is 5.91 Å². The number of carbonyl (C=O) groups is 3. The van der Waals surface area contributed by atoms with Crippen molar-refractivity contribution >= 4 is 17.8 Å². The standard InChI is InChI=1S/C26H20F3NO5/c1-34-25(33)22(30-15-18-4-2-3-5-21(18)23(30)31)14-16-6-12-20(13-7-16)35-24(32)17-8-10-19(11-9-17)26(27,28)29/h2-13,22H,14-15H2,1H3/t22-/m0/s1. The smallest absolute Gasteiger partial charge is 0.416 e. The third kappa shape index (κ3) is 5.18. The molecule has 0 spiro atoms. The lowest BCUT2D eigenvalue weighted by atomic mass is 10.0. The van der Waals surface area contributed by atoms with Gasteiger partial charge in [0.05, 0.1) is 18.2 Å². The van der Waals surface area contributed by atoms with Gasteiger partial charge in [-0.2, -0.15) is 13.2 Å². The Balaban J connectivity index is 1.44. The van der Waals surface area contributed by atoms with Crippen LogP contribution in [-0.2, 0) is 28.7 Å². The highest BCUT2D eigenvalue weighted by atomic mass is 19.4. The van der Waals surface area contributed by atoms with Crippen LogP contribution in [0.1, 0.15) is 37.4 Å². The molecule has 9 heteroatoms. The Morgan fingerprint density at radius 2 is 1.63 bits per heavy atom. The van der Waals surface area contributed by atoms with Crippen LogP contribution in [0.15, 0.2) is 72.8 Å². The van der Waals surface area contributed by atoms with E-state index in [1.807, 2.05) is 12.1 Å². The topological polar surface area (TPSA) is 72.9 Å². The molecule has 0 N–H and O–H groups in total. The van der Waals surface area contributed by atoms with Crippen molar-refractivity contribution in [3.8, 4) is 5.75 Å². The zero-order chi connectivity index (χ0) is 25.2. The largest absolute Gasteiger partial charge is 0.467 e. The number of rotatable bonds is 6. The molecule has 0 aliphatic carbocycles. The van der Waals surface area contributed by atoms with Crippen molar-refractivity contribution < 1.29 is 37.0 Å². The summed E-state index contributed by atoms with van der Waals surface area (Å²) in [6, 6.07) is 16.3. The van der Waals surface area contributed by atoms with Crippen molar-refractivity contribution in [3.05, 3.63) is 101 Å². The Hall–Kier alpha value is -4.14. The maximum atomic E-state index is 12.8. The van der Waals surface area contributed by atoms with E-state index in [4.69, 9.17) is 9.47 Å². The van der Waals surface area contributed by atoms with Crippen molar-refractivity contribution in [3.63, 3.8) is 0 Å². The summed E-state index contributed by atoms with van der Waals surface area (Å²) in [5.41, 5.74) is 1.18. The first-order chi connectivity index (χ1) is 16.7. The monoisotopic (exact) mass is 483 g/mol. The average Bonchev–Trinajstić information content (AvgIpc) is 3.18. The minimum Gasteiger partial charge on any atom is -0.467 e. The summed E-state index contributed by atoms with van der Waals surface area (Å²) < 4.78 is 48.2. The van der Waals surface area contributed by atoms with Crippen LogP contribution in [-0.4, -0.2) is 35.9 Å². The van der Waals surface area contributed by atoms with Crippen LogP contribution in [0.25, 0.3) is 0 Å². The molecule has 1 amide bonds. The third-order valence-corrected chi connectivity index (χ3v) is 5.71. The average molecular weight is 483 g/mol. The van der Waals surface area contributed by atoms with Gasteiger partial charge in [-0.05, 0) is 53.6 Å². The number of benzene rings is 3. The summed E-state index contributed by atoms with van der Waals surface area (Å²) in [5, 5.41) is 0. The van der Waals surface area contributed by atoms with Gasteiger partial charge in [0, 0.05) is 18.5 Å². The van der Waals surface area contributed by atoms with Gasteiger partial charge in [-0.25, -0.2) is 9.59 Å². The molecule has 4 rings (SSSR count). The first-order valence-corrected chi connectivity index (χ1v) is 10.6. The number of methoxy groups -OCH3 is 1. The second kappa shape index (κ2) is 9.61. The molecule has 35 heavy (non-hydrogen) atoms. The van der Waals surface area contributed by atoms with Gasteiger partial charge in [0.15, 0.2) is 0 Å².